The Morgan fingerprint density at radius 1 is 1.64 bits per heavy atom. The third kappa shape index (κ3) is 1.54. The van der Waals surface area contributed by atoms with Gasteiger partial charge in [0, 0.05) is 6.54 Å². The summed E-state index contributed by atoms with van der Waals surface area (Å²) < 4.78 is 4.59. The first kappa shape index (κ1) is 8.96. The number of nitrogens with one attached hydrogen (secondary N) is 2. The summed E-state index contributed by atoms with van der Waals surface area (Å²) in [6.07, 6.45) is 1.66. The van der Waals surface area contributed by atoms with Crippen molar-refractivity contribution in [3.05, 3.63) is 23.5 Å². The minimum Gasteiger partial charge on any atom is -0.464 e. The minimum atomic E-state index is -0.404. The van der Waals surface area contributed by atoms with Gasteiger partial charge in [-0.15, -0.1) is 0 Å². The number of nitrogens with zero attached hydrogens (tertiary/aromatic N) is 1. The Kier molecular flexibility index (Phi) is 2.32. The third-order valence-corrected chi connectivity index (χ3v) is 2.10. The highest BCUT2D eigenvalue weighted by Crippen LogP contribution is 2.17. The van der Waals surface area contributed by atoms with Gasteiger partial charge < -0.3 is 10.1 Å². The van der Waals surface area contributed by atoms with Crippen LogP contribution in [0, 0.1) is 0 Å². The number of hydrogen-bond acceptors (Lipinski definition) is 5. The van der Waals surface area contributed by atoms with Crippen molar-refractivity contribution in [3.8, 4) is 0 Å². The van der Waals surface area contributed by atoms with Crippen LogP contribution < -0.4 is 10.6 Å². The summed E-state index contributed by atoms with van der Waals surface area (Å²) in [6.45, 7) is 1.47. The largest absolute Gasteiger partial charge is 0.464 e. The van der Waals surface area contributed by atoms with Gasteiger partial charge in [-0.25, -0.2) is 9.78 Å². The van der Waals surface area contributed by atoms with E-state index in [4.69, 9.17) is 0 Å². The van der Waals surface area contributed by atoms with Crippen LogP contribution in [-0.2, 0) is 11.3 Å². The molecular formula is C9H11N3O2. The summed E-state index contributed by atoms with van der Waals surface area (Å²) in [5.74, 6) is -0.404. The highest BCUT2D eigenvalue weighted by atomic mass is 16.5. The number of methoxy groups -OCH3 is 1. The van der Waals surface area contributed by atoms with Crippen LogP contribution in [0.25, 0.3) is 0 Å². The van der Waals surface area contributed by atoms with Crippen LogP contribution in [0.3, 0.4) is 0 Å². The molecule has 0 aromatic carbocycles. The van der Waals surface area contributed by atoms with E-state index >= 15 is 0 Å². The van der Waals surface area contributed by atoms with Gasteiger partial charge in [0.2, 0.25) is 0 Å². The van der Waals surface area contributed by atoms with Crippen LogP contribution in [0.1, 0.15) is 16.1 Å². The van der Waals surface area contributed by atoms with Gasteiger partial charge in [0.15, 0.2) is 0 Å². The van der Waals surface area contributed by atoms with Crippen LogP contribution in [-0.4, -0.2) is 24.7 Å². The van der Waals surface area contributed by atoms with Crippen molar-refractivity contribution in [1.29, 1.82) is 0 Å². The quantitative estimate of drug-likeness (QED) is 0.630. The van der Waals surface area contributed by atoms with Crippen molar-refractivity contribution in [3.63, 3.8) is 0 Å². The third-order valence-electron chi connectivity index (χ3n) is 2.10. The molecular weight excluding hydrogens is 182 g/mol. The number of pyridine rings is 1. The SMILES string of the molecule is COC(=O)c1cc2c(cn1)NCNC2. The average Bonchev–Trinajstić information content (AvgIpc) is 2.27. The second kappa shape index (κ2) is 3.63. The second-order valence-corrected chi connectivity index (χ2v) is 3.00. The van der Waals surface area contributed by atoms with Crippen molar-refractivity contribution >= 4 is 11.7 Å². The Balaban J connectivity index is 2.33. The zero-order valence-electron chi connectivity index (χ0n) is 7.83. The Morgan fingerprint density at radius 3 is 3.29 bits per heavy atom. The number of fused-ring (bicyclic) bond motifs is 1. The lowest BCUT2D eigenvalue weighted by Crippen LogP contribution is -2.28. The van der Waals surface area contributed by atoms with Gasteiger partial charge in [-0.05, 0) is 11.6 Å². The number of aromatic nitrogens is 1. The number of carbonyl (C=O) groups is 1. The van der Waals surface area contributed by atoms with Crippen LogP contribution in [0.2, 0.25) is 0 Å². The van der Waals surface area contributed by atoms with E-state index in [-0.39, 0.29) is 0 Å². The van der Waals surface area contributed by atoms with Crippen LogP contribution in [0.5, 0.6) is 0 Å². The van der Waals surface area contributed by atoms with E-state index in [1.165, 1.54) is 7.11 Å². The van der Waals surface area contributed by atoms with E-state index in [9.17, 15) is 4.79 Å². The molecule has 0 saturated carbocycles. The van der Waals surface area contributed by atoms with Gasteiger partial charge in [-0.3, -0.25) is 5.32 Å². The molecule has 0 amide bonds. The fourth-order valence-electron chi connectivity index (χ4n) is 1.37. The normalized spacial score (nSPS) is 14.1. The highest BCUT2D eigenvalue weighted by molar-refractivity contribution is 5.87. The summed E-state index contributed by atoms with van der Waals surface area (Å²) in [5, 5.41) is 6.26. The van der Waals surface area contributed by atoms with Crippen molar-refractivity contribution in [1.82, 2.24) is 10.3 Å². The molecule has 2 N–H and O–H groups in total. The molecule has 0 atom stereocenters. The fraction of sp³-hybridized carbons (Fsp3) is 0.333. The Morgan fingerprint density at radius 2 is 2.50 bits per heavy atom. The van der Waals surface area contributed by atoms with Crippen LogP contribution in [0.15, 0.2) is 12.3 Å². The lowest BCUT2D eigenvalue weighted by Gasteiger charge is -2.18. The zero-order chi connectivity index (χ0) is 9.97. The molecule has 5 nitrogen and oxygen atoms in total. The highest BCUT2D eigenvalue weighted by Gasteiger charge is 2.13. The molecule has 1 aromatic rings. The lowest BCUT2D eigenvalue weighted by molar-refractivity contribution is 0.0594. The van der Waals surface area contributed by atoms with Gasteiger partial charge in [0.25, 0.3) is 0 Å². The first-order chi connectivity index (χ1) is 6.81. The lowest BCUT2D eigenvalue weighted by atomic mass is 10.1. The van der Waals surface area contributed by atoms with Crippen molar-refractivity contribution in [2.24, 2.45) is 0 Å². The molecule has 14 heavy (non-hydrogen) atoms. The Labute approximate surface area is 81.5 Å². The van der Waals surface area contributed by atoms with E-state index < -0.39 is 5.97 Å². The van der Waals surface area contributed by atoms with Gasteiger partial charge in [0.05, 0.1) is 25.7 Å². The summed E-state index contributed by atoms with van der Waals surface area (Å²) in [7, 11) is 1.35. The van der Waals surface area contributed by atoms with E-state index in [0.717, 1.165) is 24.5 Å². The van der Waals surface area contributed by atoms with E-state index in [0.29, 0.717) is 5.69 Å². The van der Waals surface area contributed by atoms with Crippen LogP contribution >= 0.6 is 0 Å². The van der Waals surface area contributed by atoms with Crippen molar-refractivity contribution in [2.75, 3.05) is 19.1 Å². The van der Waals surface area contributed by atoms with E-state index in [2.05, 4.69) is 20.4 Å². The monoisotopic (exact) mass is 193 g/mol. The molecule has 1 aliphatic rings. The number of hydrogen-bond donors (Lipinski definition) is 2. The molecule has 74 valence electrons. The van der Waals surface area contributed by atoms with Gasteiger partial charge in [0.1, 0.15) is 5.69 Å². The molecule has 2 rings (SSSR count). The van der Waals surface area contributed by atoms with E-state index in [1.54, 1.807) is 12.3 Å². The van der Waals surface area contributed by atoms with Crippen molar-refractivity contribution in [2.45, 2.75) is 6.54 Å². The fourth-order valence-corrected chi connectivity index (χ4v) is 1.37. The Bertz CT molecular complexity index is 365. The minimum absolute atomic E-state index is 0.344. The summed E-state index contributed by atoms with van der Waals surface area (Å²) in [6, 6.07) is 1.74. The summed E-state index contributed by atoms with van der Waals surface area (Å²) >= 11 is 0. The number of anilines is 1. The molecule has 0 radical (unpaired) electrons. The second-order valence-electron chi connectivity index (χ2n) is 3.00. The maximum Gasteiger partial charge on any atom is 0.356 e. The van der Waals surface area contributed by atoms with Gasteiger partial charge in [-0.2, -0.15) is 0 Å². The average molecular weight is 193 g/mol. The maximum absolute atomic E-state index is 11.2. The molecule has 1 aromatic heterocycles. The summed E-state index contributed by atoms with van der Waals surface area (Å²) in [4.78, 5) is 15.2. The molecule has 2 heterocycles. The molecule has 0 saturated heterocycles. The zero-order valence-corrected chi connectivity index (χ0v) is 7.83. The Hall–Kier alpha value is -1.62. The number of esters is 1. The number of ether oxygens (including phenoxy) is 1. The molecule has 0 spiro atoms. The summed E-state index contributed by atoms with van der Waals surface area (Å²) in [5.41, 5.74) is 2.35. The molecule has 0 bridgehead atoms. The maximum atomic E-state index is 11.2. The molecule has 0 aliphatic carbocycles. The van der Waals surface area contributed by atoms with E-state index in [1.807, 2.05) is 0 Å². The topological polar surface area (TPSA) is 63.2 Å². The van der Waals surface area contributed by atoms with Crippen LogP contribution in [0.4, 0.5) is 5.69 Å². The van der Waals surface area contributed by atoms with Crippen molar-refractivity contribution < 1.29 is 9.53 Å². The predicted molar refractivity (Wildman–Crippen MR) is 50.9 cm³/mol. The first-order valence-corrected chi connectivity index (χ1v) is 4.33. The smallest absolute Gasteiger partial charge is 0.356 e. The molecule has 1 aliphatic heterocycles. The number of carbonyl (C=O) groups excluding carboxylic acids is 1. The standard InChI is InChI=1S/C9H11N3O2/c1-14-9(13)7-2-6-3-10-5-12-8(6)4-11-7/h2,4,10,12H,3,5H2,1H3. The molecule has 5 heteroatoms. The van der Waals surface area contributed by atoms with Gasteiger partial charge >= 0.3 is 5.97 Å². The first-order valence-electron chi connectivity index (χ1n) is 4.33. The predicted octanol–water partition coefficient (Wildman–Crippen LogP) is 0.341. The van der Waals surface area contributed by atoms with Gasteiger partial charge in [-0.1, -0.05) is 0 Å². The number of rotatable bonds is 1. The molecule has 0 fully saturated rings. The molecule has 0 unspecified atom stereocenters.